The van der Waals surface area contributed by atoms with Crippen LogP contribution < -0.4 is 4.74 Å². The van der Waals surface area contributed by atoms with E-state index in [1.54, 1.807) is 23.8 Å². The molecule has 0 saturated heterocycles. The van der Waals surface area contributed by atoms with E-state index in [0.717, 1.165) is 23.5 Å². The molecule has 0 heterocycles. The number of rotatable bonds is 3. The normalized spacial score (nSPS) is 36.1. The van der Waals surface area contributed by atoms with Crippen LogP contribution in [-0.4, -0.2) is 7.11 Å². The predicted octanol–water partition coefficient (Wildman–Crippen LogP) is 6.28. The molecule has 2 fully saturated rings. The van der Waals surface area contributed by atoms with Crippen molar-refractivity contribution in [3.8, 4) is 5.75 Å². The van der Waals surface area contributed by atoms with Crippen molar-refractivity contribution in [3.63, 3.8) is 0 Å². The average molecular weight is 325 g/mol. The number of benzene rings is 1. The maximum atomic E-state index is 5.45. The van der Waals surface area contributed by atoms with E-state index in [-0.39, 0.29) is 0 Å². The lowest BCUT2D eigenvalue weighted by molar-refractivity contribution is 0.0812. The molecule has 4 rings (SSSR count). The molecule has 0 bridgehead atoms. The largest absolute Gasteiger partial charge is 0.497 e. The van der Waals surface area contributed by atoms with Gasteiger partial charge in [-0.2, -0.15) is 0 Å². The van der Waals surface area contributed by atoms with Crippen molar-refractivity contribution in [2.24, 2.45) is 17.3 Å². The molecule has 3 aliphatic carbocycles. The van der Waals surface area contributed by atoms with Crippen LogP contribution in [0.25, 0.3) is 0 Å². The molecule has 1 nitrogen and oxygen atoms in total. The van der Waals surface area contributed by atoms with E-state index in [1.165, 1.54) is 51.4 Å². The van der Waals surface area contributed by atoms with E-state index in [9.17, 15) is 0 Å². The summed E-state index contributed by atoms with van der Waals surface area (Å²) in [5, 5.41) is 0. The molecular formula is C23H32O. The van der Waals surface area contributed by atoms with Crippen molar-refractivity contribution in [1.82, 2.24) is 0 Å². The van der Waals surface area contributed by atoms with Crippen LogP contribution in [0.1, 0.15) is 75.8 Å². The summed E-state index contributed by atoms with van der Waals surface area (Å²) in [6.07, 6.45) is 13.3. The smallest absolute Gasteiger partial charge is 0.119 e. The molecule has 2 saturated carbocycles. The third-order valence-electron chi connectivity index (χ3n) is 7.46. The van der Waals surface area contributed by atoms with E-state index in [2.05, 4.69) is 38.1 Å². The molecule has 0 aliphatic heterocycles. The number of aryl methyl sites for hydroxylation is 1. The number of hydrogen-bond acceptors (Lipinski definition) is 1. The topological polar surface area (TPSA) is 9.23 Å². The highest BCUT2D eigenvalue weighted by Crippen LogP contribution is 2.62. The number of fused-ring (bicyclic) bond motifs is 5. The van der Waals surface area contributed by atoms with Gasteiger partial charge in [-0.05, 0) is 91.4 Å². The number of hydrogen-bond donors (Lipinski definition) is 0. The Morgan fingerprint density at radius 2 is 2.08 bits per heavy atom. The molecule has 0 aromatic heterocycles. The summed E-state index contributed by atoms with van der Waals surface area (Å²) in [5.74, 6) is 3.63. The van der Waals surface area contributed by atoms with Crippen LogP contribution in [0.4, 0.5) is 0 Å². The predicted molar refractivity (Wildman–Crippen MR) is 101 cm³/mol. The molecule has 1 aromatic rings. The van der Waals surface area contributed by atoms with E-state index < -0.39 is 0 Å². The maximum absolute atomic E-state index is 5.45. The van der Waals surface area contributed by atoms with Gasteiger partial charge in [-0.15, -0.1) is 0 Å². The highest BCUT2D eigenvalue weighted by Gasteiger charge is 2.52. The van der Waals surface area contributed by atoms with Crippen molar-refractivity contribution in [2.75, 3.05) is 7.11 Å². The highest BCUT2D eigenvalue weighted by molar-refractivity contribution is 5.41. The highest BCUT2D eigenvalue weighted by atomic mass is 16.5. The zero-order valence-electron chi connectivity index (χ0n) is 15.6. The molecule has 0 radical (unpaired) electrons. The van der Waals surface area contributed by atoms with Gasteiger partial charge < -0.3 is 4.74 Å². The second-order valence-corrected chi connectivity index (χ2v) is 8.49. The Balaban J connectivity index is 1.63. The SMILES string of the molecule is CCCC=C1CCC2C3CCc4cc(OC)ccc4C3CCC12C. The van der Waals surface area contributed by atoms with Crippen molar-refractivity contribution >= 4 is 0 Å². The minimum Gasteiger partial charge on any atom is -0.497 e. The van der Waals surface area contributed by atoms with Gasteiger partial charge in [0.2, 0.25) is 0 Å². The van der Waals surface area contributed by atoms with Crippen LogP contribution in [0.3, 0.4) is 0 Å². The second kappa shape index (κ2) is 6.24. The molecule has 0 amide bonds. The minimum absolute atomic E-state index is 0.500. The van der Waals surface area contributed by atoms with Gasteiger partial charge in [-0.25, -0.2) is 0 Å². The summed E-state index contributed by atoms with van der Waals surface area (Å²) in [6.45, 7) is 4.89. The molecule has 24 heavy (non-hydrogen) atoms. The van der Waals surface area contributed by atoms with Crippen LogP contribution >= 0.6 is 0 Å². The first kappa shape index (κ1) is 16.2. The molecule has 1 aromatic carbocycles. The van der Waals surface area contributed by atoms with Gasteiger partial charge in [0.1, 0.15) is 5.75 Å². The van der Waals surface area contributed by atoms with Crippen molar-refractivity contribution in [3.05, 3.63) is 41.0 Å². The number of methoxy groups -OCH3 is 1. The summed E-state index contributed by atoms with van der Waals surface area (Å²) >= 11 is 0. The van der Waals surface area contributed by atoms with Gasteiger partial charge in [0.15, 0.2) is 0 Å². The van der Waals surface area contributed by atoms with Gasteiger partial charge in [0, 0.05) is 0 Å². The minimum atomic E-state index is 0.500. The first-order valence-electron chi connectivity index (χ1n) is 10.0. The average Bonchev–Trinajstić information content (AvgIpc) is 2.95. The third kappa shape index (κ3) is 2.43. The standard InChI is InChI=1S/C23H32O/c1-4-5-6-17-8-12-22-21-10-7-16-15-18(24-3)9-11-19(16)20(21)13-14-23(17,22)2/h6,9,11,15,20-22H,4-5,7-8,10,12-14H2,1-3H3. The summed E-state index contributed by atoms with van der Waals surface area (Å²) in [7, 11) is 1.78. The quantitative estimate of drug-likeness (QED) is 0.595. The van der Waals surface area contributed by atoms with E-state index in [4.69, 9.17) is 4.74 Å². The lowest BCUT2D eigenvalue weighted by Crippen LogP contribution is -2.40. The Labute approximate surface area is 147 Å². The molecule has 1 heteroatoms. The number of unbranched alkanes of at least 4 members (excludes halogenated alkanes) is 1. The first-order chi connectivity index (χ1) is 11.7. The van der Waals surface area contributed by atoms with E-state index in [1.807, 2.05) is 0 Å². The molecule has 4 unspecified atom stereocenters. The van der Waals surface area contributed by atoms with Crippen LogP contribution in [0.2, 0.25) is 0 Å². The Bertz CT molecular complexity index is 643. The van der Waals surface area contributed by atoms with Crippen LogP contribution in [0.15, 0.2) is 29.8 Å². The van der Waals surface area contributed by atoms with E-state index in [0.29, 0.717) is 5.41 Å². The summed E-state index contributed by atoms with van der Waals surface area (Å²) in [5.41, 5.74) is 5.49. The molecule has 130 valence electrons. The molecule has 0 spiro atoms. The first-order valence-corrected chi connectivity index (χ1v) is 10.0. The van der Waals surface area contributed by atoms with Gasteiger partial charge in [0.05, 0.1) is 7.11 Å². The summed E-state index contributed by atoms with van der Waals surface area (Å²) < 4.78 is 5.45. The van der Waals surface area contributed by atoms with E-state index >= 15 is 0 Å². The molecular weight excluding hydrogens is 292 g/mol. The Kier molecular flexibility index (Phi) is 4.22. The van der Waals surface area contributed by atoms with Crippen molar-refractivity contribution < 1.29 is 4.74 Å². The zero-order valence-corrected chi connectivity index (χ0v) is 15.6. The lowest BCUT2D eigenvalue weighted by atomic mass is 9.55. The fraction of sp³-hybridized carbons (Fsp3) is 0.652. The Hall–Kier alpha value is -1.24. The number of ether oxygens (including phenoxy) is 1. The van der Waals surface area contributed by atoms with Crippen LogP contribution in [0, 0.1) is 17.3 Å². The Morgan fingerprint density at radius 3 is 2.88 bits per heavy atom. The van der Waals surface area contributed by atoms with Crippen molar-refractivity contribution in [1.29, 1.82) is 0 Å². The summed E-state index contributed by atoms with van der Waals surface area (Å²) in [6, 6.07) is 6.84. The summed E-state index contributed by atoms with van der Waals surface area (Å²) in [4.78, 5) is 0. The van der Waals surface area contributed by atoms with Crippen LogP contribution in [-0.2, 0) is 6.42 Å². The van der Waals surface area contributed by atoms with Gasteiger partial charge >= 0.3 is 0 Å². The number of allylic oxidation sites excluding steroid dienone is 2. The monoisotopic (exact) mass is 324 g/mol. The van der Waals surface area contributed by atoms with Gasteiger partial charge in [0.25, 0.3) is 0 Å². The zero-order chi connectivity index (χ0) is 16.7. The molecule has 0 N–H and O–H groups in total. The van der Waals surface area contributed by atoms with Crippen LogP contribution in [0.5, 0.6) is 5.75 Å². The Morgan fingerprint density at radius 1 is 1.21 bits per heavy atom. The lowest BCUT2D eigenvalue weighted by Gasteiger charge is -2.49. The molecule has 3 aliphatic rings. The second-order valence-electron chi connectivity index (χ2n) is 8.49. The van der Waals surface area contributed by atoms with Gasteiger partial charge in [-0.1, -0.05) is 38.0 Å². The van der Waals surface area contributed by atoms with Gasteiger partial charge in [-0.3, -0.25) is 0 Å². The fourth-order valence-electron chi connectivity index (χ4n) is 6.19. The molecule has 4 atom stereocenters. The third-order valence-corrected chi connectivity index (χ3v) is 7.46. The van der Waals surface area contributed by atoms with Crippen molar-refractivity contribution in [2.45, 2.75) is 71.1 Å². The maximum Gasteiger partial charge on any atom is 0.119 e. The fourth-order valence-corrected chi connectivity index (χ4v) is 6.19.